The molecule has 1 fully saturated rings. The summed E-state index contributed by atoms with van der Waals surface area (Å²) in [6.45, 7) is 5.35. The van der Waals surface area contributed by atoms with E-state index in [1.165, 1.54) is 0 Å². The fraction of sp³-hybridized carbons (Fsp3) is 0.588. The summed E-state index contributed by atoms with van der Waals surface area (Å²) in [5.41, 5.74) is -1.55. The number of ether oxygens (including phenoxy) is 1. The van der Waals surface area contributed by atoms with E-state index in [-0.39, 0.29) is 23.9 Å². The zero-order valence-corrected chi connectivity index (χ0v) is 13.8. The Hall–Kier alpha value is -2.11. The summed E-state index contributed by atoms with van der Waals surface area (Å²) in [6.07, 6.45) is 5.76. The molecule has 1 aromatic rings. The van der Waals surface area contributed by atoms with Crippen LogP contribution in [0.3, 0.4) is 0 Å². The largest absolute Gasteiger partial charge is 0.464 e. The van der Waals surface area contributed by atoms with E-state index in [4.69, 9.17) is 4.74 Å². The maximum absolute atomic E-state index is 13.0. The molecular weight excluding hydrogens is 294 g/mol. The third-order valence-corrected chi connectivity index (χ3v) is 4.56. The van der Waals surface area contributed by atoms with Gasteiger partial charge in [-0.05, 0) is 45.7 Å². The predicted molar refractivity (Wildman–Crippen MR) is 86.3 cm³/mol. The van der Waals surface area contributed by atoms with E-state index in [2.05, 4.69) is 10.3 Å². The summed E-state index contributed by atoms with van der Waals surface area (Å²) in [5.74, 6) is 0.201. The van der Waals surface area contributed by atoms with Crippen molar-refractivity contribution < 1.29 is 14.3 Å². The highest BCUT2D eigenvalue weighted by Gasteiger charge is 2.52. The number of nitrogens with one attached hydrogen (secondary N) is 1. The summed E-state index contributed by atoms with van der Waals surface area (Å²) in [5, 5.41) is 2.98. The van der Waals surface area contributed by atoms with Gasteiger partial charge in [0.25, 0.3) is 17.4 Å². The van der Waals surface area contributed by atoms with Gasteiger partial charge in [-0.3, -0.25) is 14.5 Å². The molecule has 2 heterocycles. The highest BCUT2D eigenvalue weighted by atomic mass is 16.5. The van der Waals surface area contributed by atoms with Gasteiger partial charge in [-0.2, -0.15) is 0 Å². The first kappa shape index (κ1) is 15.8. The van der Waals surface area contributed by atoms with Crippen LogP contribution in [0.2, 0.25) is 0 Å². The van der Waals surface area contributed by atoms with Crippen molar-refractivity contribution in [1.29, 1.82) is 0 Å². The third-order valence-electron chi connectivity index (χ3n) is 4.56. The van der Waals surface area contributed by atoms with Crippen molar-refractivity contribution in [2.24, 2.45) is 0 Å². The smallest absolute Gasteiger partial charge is 0.282 e. The van der Waals surface area contributed by atoms with Crippen molar-refractivity contribution in [2.75, 3.05) is 4.90 Å². The molecule has 1 aromatic heterocycles. The molecule has 2 aliphatic rings. The number of pyridine rings is 1. The Labute approximate surface area is 136 Å². The summed E-state index contributed by atoms with van der Waals surface area (Å²) in [4.78, 5) is 31.5. The predicted octanol–water partition coefficient (Wildman–Crippen LogP) is 2.03. The number of carbonyl (C=O) groups is 2. The first-order chi connectivity index (χ1) is 10.9. The minimum absolute atomic E-state index is 0.112. The number of carbonyl (C=O) groups excluding carboxylic acids is 2. The average Bonchev–Trinajstić information content (AvgIpc) is 3.01. The molecule has 23 heavy (non-hydrogen) atoms. The normalized spacial score (nSPS) is 24.5. The quantitative estimate of drug-likeness (QED) is 0.866. The van der Waals surface area contributed by atoms with Crippen LogP contribution in [-0.2, 0) is 9.59 Å². The third kappa shape index (κ3) is 2.66. The van der Waals surface area contributed by atoms with Gasteiger partial charge in [0.2, 0.25) is 0 Å². The fourth-order valence-corrected chi connectivity index (χ4v) is 3.25. The number of hydrogen-bond donors (Lipinski definition) is 1. The lowest BCUT2D eigenvalue weighted by Gasteiger charge is -2.40. The standard InChI is InChI=1S/C17H23N3O3/c1-11(2)20-14-13(9-6-10-18-14)23-17(3,16(20)22)15(21)19-12-7-4-5-8-12/h6,9-12H,4-5,7-8H2,1-3H3,(H,19,21)/t17-/m0/s1. The molecule has 0 saturated heterocycles. The molecule has 6 nitrogen and oxygen atoms in total. The van der Waals surface area contributed by atoms with Gasteiger partial charge in [0.1, 0.15) is 0 Å². The number of anilines is 1. The maximum atomic E-state index is 13.0. The van der Waals surface area contributed by atoms with Crippen LogP contribution in [-0.4, -0.2) is 34.5 Å². The molecule has 3 rings (SSSR count). The topological polar surface area (TPSA) is 71.5 Å². The molecule has 1 aliphatic heterocycles. The van der Waals surface area contributed by atoms with Crippen LogP contribution >= 0.6 is 0 Å². The second kappa shape index (κ2) is 5.83. The van der Waals surface area contributed by atoms with Gasteiger partial charge in [-0.1, -0.05) is 12.8 Å². The van der Waals surface area contributed by atoms with Crippen molar-refractivity contribution in [3.63, 3.8) is 0 Å². The highest BCUT2D eigenvalue weighted by molar-refractivity contribution is 6.16. The van der Waals surface area contributed by atoms with Gasteiger partial charge in [-0.15, -0.1) is 0 Å². The van der Waals surface area contributed by atoms with E-state index in [0.717, 1.165) is 25.7 Å². The zero-order chi connectivity index (χ0) is 16.6. The number of nitrogens with zero attached hydrogens (tertiary/aromatic N) is 2. The van der Waals surface area contributed by atoms with Gasteiger partial charge in [0.05, 0.1) is 0 Å². The summed E-state index contributed by atoms with van der Waals surface area (Å²) in [7, 11) is 0. The lowest BCUT2D eigenvalue weighted by molar-refractivity contribution is -0.149. The number of aromatic nitrogens is 1. The van der Waals surface area contributed by atoms with Crippen molar-refractivity contribution in [3.05, 3.63) is 18.3 Å². The molecule has 0 aromatic carbocycles. The molecule has 6 heteroatoms. The minimum atomic E-state index is -1.55. The molecule has 2 amide bonds. The van der Waals surface area contributed by atoms with Crippen molar-refractivity contribution >= 4 is 17.6 Å². The maximum Gasteiger partial charge on any atom is 0.282 e. The first-order valence-electron chi connectivity index (χ1n) is 8.22. The SMILES string of the molecule is CC(C)N1C(=O)[C@](C)(C(=O)NC2CCCC2)Oc2cccnc21. The molecule has 0 spiro atoms. The Bertz CT molecular complexity index is 625. The van der Waals surface area contributed by atoms with Gasteiger partial charge >= 0.3 is 0 Å². The Morgan fingerprint density at radius 2 is 2.13 bits per heavy atom. The van der Waals surface area contributed by atoms with Crippen molar-refractivity contribution in [3.8, 4) is 5.75 Å². The van der Waals surface area contributed by atoms with Crippen LogP contribution in [0.15, 0.2) is 18.3 Å². The second-order valence-corrected chi connectivity index (χ2v) is 6.68. The summed E-state index contributed by atoms with van der Waals surface area (Å²) < 4.78 is 5.82. The van der Waals surface area contributed by atoms with Crippen molar-refractivity contribution in [1.82, 2.24) is 10.3 Å². The van der Waals surface area contributed by atoms with E-state index < -0.39 is 5.60 Å². The Morgan fingerprint density at radius 1 is 1.43 bits per heavy atom. The van der Waals surface area contributed by atoms with Gasteiger partial charge in [0, 0.05) is 18.3 Å². The average molecular weight is 317 g/mol. The molecule has 0 bridgehead atoms. The van der Waals surface area contributed by atoms with Gasteiger partial charge in [0.15, 0.2) is 11.6 Å². The first-order valence-corrected chi connectivity index (χ1v) is 8.22. The lowest BCUT2D eigenvalue weighted by atomic mass is 9.99. The Balaban J connectivity index is 1.92. The summed E-state index contributed by atoms with van der Waals surface area (Å²) >= 11 is 0. The van der Waals surface area contributed by atoms with Crippen LogP contribution in [0, 0.1) is 0 Å². The van der Waals surface area contributed by atoms with E-state index in [0.29, 0.717) is 11.6 Å². The fourth-order valence-electron chi connectivity index (χ4n) is 3.25. The molecule has 1 aliphatic carbocycles. The van der Waals surface area contributed by atoms with E-state index >= 15 is 0 Å². The molecule has 0 radical (unpaired) electrons. The minimum Gasteiger partial charge on any atom is -0.464 e. The van der Waals surface area contributed by atoms with Crippen LogP contribution in [0.25, 0.3) is 0 Å². The molecule has 0 unspecified atom stereocenters. The molecule has 1 N–H and O–H groups in total. The number of amides is 2. The van der Waals surface area contributed by atoms with E-state index in [9.17, 15) is 9.59 Å². The van der Waals surface area contributed by atoms with Crippen LogP contribution in [0.4, 0.5) is 5.82 Å². The molecule has 1 saturated carbocycles. The highest BCUT2D eigenvalue weighted by Crippen LogP contribution is 2.37. The van der Waals surface area contributed by atoms with E-state index in [1.807, 2.05) is 13.8 Å². The van der Waals surface area contributed by atoms with Crippen LogP contribution in [0.5, 0.6) is 5.75 Å². The zero-order valence-electron chi connectivity index (χ0n) is 13.8. The second-order valence-electron chi connectivity index (χ2n) is 6.68. The van der Waals surface area contributed by atoms with Crippen LogP contribution < -0.4 is 15.0 Å². The van der Waals surface area contributed by atoms with E-state index in [1.54, 1.807) is 30.2 Å². The number of fused-ring (bicyclic) bond motifs is 1. The Kier molecular flexibility index (Phi) is 4.00. The number of hydrogen-bond acceptors (Lipinski definition) is 4. The molecule has 1 atom stereocenters. The monoisotopic (exact) mass is 317 g/mol. The lowest BCUT2D eigenvalue weighted by Crippen LogP contribution is -2.64. The van der Waals surface area contributed by atoms with Gasteiger partial charge < -0.3 is 10.1 Å². The van der Waals surface area contributed by atoms with Crippen LogP contribution in [0.1, 0.15) is 46.5 Å². The molecule has 124 valence electrons. The number of rotatable bonds is 3. The molecular formula is C17H23N3O3. The van der Waals surface area contributed by atoms with Gasteiger partial charge in [-0.25, -0.2) is 4.98 Å². The summed E-state index contributed by atoms with van der Waals surface area (Å²) in [6, 6.07) is 3.51. The Morgan fingerprint density at radius 3 is 2.78 bits per heavy atom. The van der Waals surface area contributed by atoms with Crippen molar-refractivity contribution in [2.45, 2.75) is 64.1 Å².